The molecule has 0 rings (SSSR count). The molecule has 2 heteroatoms. The van der Waals surface area contributed by atoms with Crippen molar-refractivity contribution in [3.63, 3.8) is 0 Å². The summed E-state index contributed by atoms with van der Waals surface area (Å²) in [7, 11) is 0. The molecule has 0 nitrogen and oxygen atoms in total. The van der Waals surface area contributed by atoms with Gasteiger partial charge >= 0.3 is 201 Å². The van der Waals surface area contributed by atoms with Crippen LogP contribution in [0.1, 0.15) is 207 Å². The molecule has 0 amide bonds. The summed E-state index contributed by atoms with van der Waals surface area (Å²) < 4.78 is 0. The maximum atomic E-state index is 4.50. The molecular formula is C36H76BrP. The van der Waals surface area contributed by atoms with Crippen LogP contribution in [0, 0.1) is 0 Å². The van der Waals surface area contributed by atoms with Crippen LogP contribution in [0.2, 0.25) is 0 Å². The number of hydrogen-bond acceptors (Lipinski definition) is 0. The molecule has 0 fully saturated rings. The summed E-state index contributed by atoms with van der Waals surface area (Å²) in [6.45, 7) is 9.60. The molecule has 0 unspecified atom stereocenters. The van der Waals surface area contributed by atoms with Crippen molar-refractivity contribution in [1.29, 1.82) is 0 Å². The first-order valence-corrected chi connectivity index (χ1v) is 23.3. The average Bonchev–Trinajstić information content (AvgIpc) is 2.93. The van der Waals surface area contributed by atoms with Crippen LogP contribution in [0.3, 0.4) is 0 Å². The van der Waals surface area contributed by atoms with Gasteiger partial charge in [0.05, 0.1) is 0 Å². The average molecular weight is 620 g/mol. The Balaban J connectivity index is 3.70. The topological polar surface area (TPSA) is 0 Å². The summed E-state index contributed by atoms with van der Waals surface area (Å²) >= 11 is 4.50. The van der Waals surface area contributed by atoms with Crippen LogP contribution in [-0.2, 0) is 0 Å². The quantitative estimate of drug-likeness (QED) is 0.0519. The van der Waals surface area contributed by atoms with E-state index in [1.165, 1.54) is 204 Å². The van der Waals surface area contributed by atoms with Crippen LogP contribution < -0.4 is 0 Å². The van der Waals surface area contributed by atoms with Crippen molar-refractivity contribution in [2.24, 2.45) is 0 Å². The third kappa shape index (κ3) is 23.6. The molecule has 0 saturated heterocycles. The number of unbranched alkanes of at least 4 members (excludes halogenated alkanes) is 26. The minimum Gasteiger partial charge on any atom is -0.0654 e. The van der Waals surface area contributed by atoms with Gasteiger partial charge in [-0.1, -0.05) is 52.4 Å². The second-order valence-corrected chi connectivity index (χ2v) is 24.9. The molecule has 0 aromatic rings. The van der Waals surface area contributed by atoms with Crippen molar-refractivity contribution in [2.45, 2.75) is 207 Å². The first kappa shape index (κ1) is 38.9. The standard InChI is InChI=1S/C36H76BrP/c1-5-9-11-13-15-17-19-21-23-25-27-29-31-33-35-38(37,7-3,8-4)36-34-32-30-28-26-24-22-20-18-16-14-12-10-6-2/h5-36H2,1-4H3. The molecule has 232 valence electrons. The normalized spacial score (nSPS) is 13.1. The molecule has 0 spiro atoms. The minimum absolute atomic E-state index is 1.37. The minimum atomic E-state index is -1.62. The van der Waals surface area contributed by atoms with Crippen LogP contribution in [0.5, 0.6) is 0 Å². The summed E-state index contributed by atoms with van der Waals surface area (Å²) in [5, 5.41) is -1.62. The third-order valence-electron chi connectivity index (χ3n) is 9.72. The van der Waals surface area contributed by atoms with Gasteiger partial charge in [0.15, 0.2) is 0 Å². The van der Waals surface area contributed by atoms with Gasteiger partial charge < -0.3 is 0 Å². The van der Waals surface area contributed by atoms with Crippen LogP contribution in [0.15, 0.2) is 0 Å². The van der Waals surface area contributed by atoms with Gasteiger partial charge in [-0.25, -0.2) is 0 Å². The Kier molecular flexibility index (Phi) is 28.7. The fourth-order valence-electron chi connectivity index (χ4n) is 6.37. The van der Waals surface area contributed by atoms with E-state index in [1.54, 1.807) is 0 Å². The molecule has 0 aliphatic carbocycles. The molecule has 0 heterocycles. The summed E-state index contributed by atoms with van der Waals surface area (Å²) in [6, 6.07) is 0. The number of rotatable bonds is 32. The van der Waals surface area contributed by atoms with Crippen molar-refractivity contribution in [2.75, 3.05) is 24.6 Å². The molecule has 0 aromatic heterocycles. The molecule has 0 aliphatic rings. The van der Waals surface area contributed by atoms with Crippen LogP contribution >= 0.6 is 20.8 Å². The van der Waals surface area contributed by atoms with Crippen LogP contribution in [0.25, 0.3) is 0 Å². The predicted octanol–water partition coefficient (Wildman–Crippen LogP) is 14.9. The Labute approximate surface area is 252 Å². The van der Waals surface area contributed by atoms with Gasteiger partial charge in [0.2, 0.25) is 0 Å². The number of halogens is 1. The molecule has 0 radical (unpaired) electrons. The molecule has 0 aromatic carbocycles. The van der Waals surface area contributed by atoms with Crippen LogP contribution in [0.4, 0.5) is 0 Å². The summed E-state index contributed by atoms with van der Waals surface area (Å²) in [4.78, 5) is 0. The van der Waals surface area contributed by atoms with Crippen molar-refractivity contribution < 1.29 is 0 Å². The zero-order valence-electron chi connectivity index (χ0n) is 27.5. The monoisotopic (exact) mass is 618 g/mol. The fraction of sp³-hybridized carbons (Fsp3) is 1.00. The second kappa shape index (κ2) is 28.0. The van der Waals surface area contributed by atoms with Gasteiger partial charge in [0.1, 0.15) is 0 Å². The van der Waals surface area contributed by atoms with E-state index in [2.05, 4.69) is 43.2 Å². The summed E-state index contributed by atoms with van der Waals surface area (Å²) in [5.41, 5.74) is 0. The van der Waals surface area contributed by atoms with E-state index in [1.807, 2.05) is 0 Å². The Morgan fingerprint density at radius 3 is 0.658 bits per heavy atom. The maximum absolute atomic E-state index is 4.50. The van der Waals surface area contributed by atoms with E-state index in [9.17, 15) is 0 Å². The summed E-state index contributed by atoms with van der Waals surface area (Å²) in [6.07, 6.45) is 46.9. The number of hydrogen-bond donors (Lipinski definition) is 0. The van der Waals surface area contributed by atoms with E-state index >= 15 is 0 Å². The molecule has 0 atom stereocenters. The molecule has 0 bridgehead atoms. The molecular weight excluding hydrogens is 543 g/mol. The van der Waals surface area contributed by atoms with Crippen molar-refractivity contribution in [3.8, 4) is 0 Å². The molecule has 0 saturated carbocycles. The van der Waals surface area contributed by atoms with Gasteiger partial charge in [-0.15, -0.1) is 0 Å². The first-order chi connectivity index (χ1) is 18.5. The van der Waals surface area contributed by atoms with Gasteiger partial charge in [0, 0.05) is 0 Å². The second-order valence-electron chi connectivity index (χ2n) is 13.1. The van der Waals surface area contributed by atoms with E-state index in [4.69, 9.17) is 0 Å². The smallest absolute Gasteiger partial charge is 0.0654 e. The van der Waals surface area contributed by atoms with Crippen molar-refractivity contribution in [3.05, 3.63) is 0 Å². The van der Waals surface area contributed by atoms with Gasteiger partial charge in [-0.05, 0) is 0 Å². The Morgan fingerprint density at radius 2 is 0.474 bits per heavy atom. The Morgan fingerprint density at radius 1 is 0.289 bits per heavy atom. The van der Waals surface area contributed by atoms with Gasteiger partial charge in [-0.3, -0.25) is 0 Å². The molecule has 0 aliphatic heterocycles. The van der Waals surface area contributed by atoms with Gasteiger partial charge in [-0.2, -0.15) is 0 Å². The van der Waals surface area contributed by atoms with Crippen LogP contribution in [-0.4, -0.2) is 24.6 Å². The predicted molar refractivity (Wildman–Crippen MR) is 187 cm³/mol. The Bertz CT molecular complexity index is 422. The first-order valence-electron chi connectivity index (χ1n) is 18.3. The van der Waals surface area contributed by atoms with E-state index in [0.29, 0.717) is 0 Å². The van der Waals surface area contributed by atoms with E-state index < -0.39 is 5.31 Å². The van der Waals surface area contributed by atoms with E-state index in [-0.39, 0.29) is 0 Å². The van der Waals surface area contributed by atoms with Crippen molar-refractivity contribution >= 4 is 20.8 Å². The molecule has 0 N–H and O–H groups in total. The molecule has 38 heavy (non-hydrogen) atoms. The zero-order valence-corrected chi connectivity index (χ0v) is 29.9. The SMILES string of the molecule is CCCCCCCCCCCCCCCCP(Br)(CC)(CC)CCCCCCCCCCCCCCCC. The van der Waals surface area contributed by atoms with E-state index in [0.717, 1.165) is 0 Å². The zero-order chi connectivity index (χ0) is 28.1. The fourth-order valence-corrected chi connectivity index (χ4v) is 11.8. The van der Waals surface area contributed by atoms with Crippen molar-refractivity contribution in [1.82, 2.24) is 0 Å². The summed E-state index contributed by atoms with van der Waals surface area (Å²) in [5.74, 6) is 0. The van der Waals surface area contributed by atoms with Gasteiger partial charge in [0.25, 0.3) is 0 Å². The third-order valence-corrected chi connectivity index (χ3v) is 20.9. The Hall–Kier alpha value is 0.910.